The topological polar surface area (TPSA) is 84.5 Å². The fourth-order valence-electron chi connectivity index (χ4n) is 2.98. The van der Waals surface area contributed by atoms with Crippen LogP contribution in [0.2, 0.25) is 5.02 Å². The summed E-state index contributed by atoms with van der Waals surface area (Å²) in [5.41, 5.74) is 3.56. The first-order valence-corrected chi connectivity index (χ1v) is 11.9. The zero-order valence-electron chi connectivity index (χ0n) is 18.3. The number of benzene rings is 3. The molecule has 6 nitrogen and oxygen atoms in total. The summed E-state index contributed by atoms with van der Waals surface area (Å²) in [5, 5.41) is 3.22. The molecule has 32 heavy (non-hydrogen) atoms. The van der Waals surface area contributed by atoms with Crippen molar-refractivity contribution in [3.8, 4) is 5.75 Å². The largest absolute Gasteiger partial charge is 0.481 e. The summed E-state index contributed by atoms with van der Waals surface area (Å²) in [4.78, 5) is 12.6. The Morgan fingerprint density at radius 2 is 1.59 bits per heavy atom. The highest BCUT2D eigenvalue weighted by atomic mass is 35.5. The molecule has 0 aliphatic rings. The second-order valence-electron chi connectivity index (χ2n) is 7.49. The molecule has 2 N–H and O–H groups in total. The molecule has 0 heterocycles. The fraction of sp³-hybridized carbons (Fsp3) is 0.208. The summed E-state index contributed by atoms with van der Waals surface area (Å²) in [5.74, 6) is 0.311. The van der Waals surface area contributed by atoms with E-state index < -0.39 is 16.1 Å². The quantitative estimate of drug-likeness (QED) is 0.477. The molecule has 1 amide bonds. The zero-order chi connectivity index (χ0) is 23.5. The van der Waals surface area contributed by atoms with Crippen LogP contribution < -0.4 is 14.8 Å². The second kappa shape index (κ2) is 9.63. The van der Waals surface area contributed by atoms with Gasteiger partial charge in [-0.15, -0.1) is 0 Å². The van der Waals surface area contributed by atoms with Crippen LogP contribution in [0.4, 0.5) is 11.4 Å². The number of halogens is 1. The first kappa shape index (κ1) is 23.6. The molecule has 8 heteroatoms. The zero-order valence-corrected chi connectivity index (χ0v) is 19.8. The van der Waals surface area contributed by atoms with Gasteiger partial charge in [0.2, 0.25) is 0 Å². The minimum Gasteiger partial charge on any atom is -0.481 e. The summed E-state index contributed by atoms with van der Waals surface area (Å²) in [6.45, 7) is 7.31. The van der Waals surface area contributed by atoms with E-state index in [0.29, 0.717) is 27.7 Å². The predicted octanol–water partition coefficient (Wildman–Crippen LogP) is 5.47. The average Bonchev–Trinajstić information content (AvgIpc) is 2.75. The molecule has 0 saturated heterocycles. The lowest BCUT2D eigenvalue weighted by molar-refractivity contribution is -0.122. The molecule has 0 aliphatic carbocycles. The van der Waals surface area contributed by atoms with Crippen LogP contribution >= 0.6 is 11.6 Å². The summed E-state index contributed by atoms with van der Waals surface area (Å²) in [6.07, 6.45) is -0.730. The Balaban J connectivity index is 1.67. The second-order valence-corrected chi connectivity index (χ2v) is 9.58. The molecular weight excluding hydrogens is 448 g/mol. The standard InChI is InChI=1S/C24H25ClN2O4S/c1-15-7-5-10-23(16(15)2)31-18(4)24(28)26-19-11-13-20(14-12-19)32(29,30)27-22-9-6-8-21(25)17(22)3/h5-14,18,27H,1-4H3,(H,26,28)/t18-/m1/s1. The number of anilines is 2. The van der Waals surface area contributed by atoms with E-state index in [1.54, 1.807) is 32.0 Å². The molecule has 0 aliphatic heterocycles. The Morgan fingerprint density at radius 1 is 0.938 bits per heavy atom. The molecule has 0 radical (unpaired) electrons. The number of hydrogen-bond acceptors (Lipinski definition) is 4. The Kier molecular flexibility index (Phi) is 7.11. The monoisotopic (exact) mass is 472 g/mol. The SMILES string of the molecule is Cc1cccc(O[C@H](C)C(=O)Nc2ccc(S(=O)(=O)Nc3cccc(Cl)c3C)cc2)c1C. The highest BCUT2D eigenvalue weighted by molar-refractivity contribution is 7.92. The number of carbonyl (C=O) groups is 1. The van der Waals surface area contributed by atoms with Crippen LogP contribution in [0.5, 0.6) is 5.75 Å². The van der Waals surface area contributed by atoms with Crippen LogP contribution in [-0.4, -0.2) is 20.4 Å². The molecule has 0 bridgehead atoms. The van der Waals surface area contributed by atoms with Gasteiger partial charge in [-0.2, -0.15) is 0 Å². The summed E-state index contributed by atoms with van der Waals surface area (Å²) in [6, 6.07) is 16.6. The minimum absolute atomic E-state index is 0.0644. The lowest BCUT2D eigenvalue weighted by Crippen LogP contribution is -2.30. The number of hydrogen-bond donors (Lipinski definition) is 2. The number of sulfonamides is 1. The summed E-state index contributed by atoms with van der Waals surface area (Å²) >= 11 is 6.07. The summed E-state index contributed by atoms with van der Waals surface area (Å²) < 4.78 is 33.8. The van der Waals surface area contributed by atoms with Crippen molar-refractivity contribution in [2.75, 3.05) is 10.0 Å². The Morgan fingerprint density at radius 3 is 2.28 bits per heavy atom. The van der Waals surface area contributed by atoms with E-state index in [9.17, 15) is 13.2 Å². The maximum Gasteiger partial charge on any atom is 0.265 e. The van der Waals surface area contributed by atoms with Crippen molar-refractivity contribution >= 4 is 38.9 Å². The highest BCUT2D eigenvalue weighted by Gasteiger charge is 2.18. The van der Waals surface area contributed by atoms with Crippen LogP contribution in [0, 0.1) is 20.8 Å². The minimum atomic E-state index is -3.81. The van der Waals surface area contributed by atoms with Gasteiger partial charge in [0.25, 0.3) is 15.9 Å². The molecule has 1 atom stereocenters. The van der Waals surface area contributed by atoms with E-state index in [0.717, 1.165) is 11.1 Å². The first-order valence-electron chi connectivity index (χ1n) is 10.00. The van der Waals surface area contributed by atoms with Crippen LogP contribution in [0.3, 0.4) is 0 Å². The van der Waals surface area contributed by atoms with E-state index in [4.69, 9.17) is 16.3 Å². The molecule has 168 valence electrons. The third kappa shape index (κ3) is 5.41. The molecule has 0 fully saturated rings. The molecule has 0 saturated carbocycles. The van der Waals surface area contributed by atoms with Gasteiger partial charge in [-0.1, -0.05) is 29.8 Å². The van der Waals surface area contributed by atoms with Crippen molar-refractivity contribution in [1.29, 1.82) is 0 Å². The predicted molar refractivity (Wildman–Crippen MR) is 128 cm³/mol. The van der Waals surface area contributed by atoms with Gasteiger partial charge in [-0.25, -0.2) is 8.42 Å². The van der Waals surface area contributed by atoms with Gasteiger partial charge in [0.05, 0.1) is 10.6 Å². The van der Waals surface area contributed by atoms with Gasteiger partial charge in [-0.05, 0) is 86.8 Å². The molecule has 0 spiro atoms. The smallest absolute Gasteiger partial charge is 0.265 e. The molecule has 0 unspecified atom stereocenters. The van der Waals surface area contributed by atoms with Gasteiger partial charge < -0.3 is 10.1 Å². The summed E-state index contributed by atoms with van der Waals surface area (Å²) in [7, 11) is -3.81. The third-order valence-corrected chi connectivity index (χ3v) is 6.96. The molecule has 3 rings (SSSR count). The van der Waals surface area contributed by atoms with E-state index >= 15 is 0 Å². The molecule has 3 aromatic carbocycles. The number of amides is 1. The number of rotatable bonds is 7. The number of carbonyl (C=O) groups excluding carboxylic acids is 1. The fourth-order valence-corrected chi connectivity index (χ4v) is 4.28. The van der Waals surface area contributed by atoms with Gasteiger partial charge in [0, 0.05) is 10.7 Å². The number of aryl methyl sites for hydroxylation is 1. The maximum atomic E-state index is 12.7. The Bertz CT molecular complexity index is 1240. The van der Waals surface area contributed by atoms with E-state index in [2.05, 4.69) is 10.0 Å². The Hall–Kier alpha value is -3.03. The van der Waals surface area contributed by atoms with Gasteiger partial charge >= 0.3 is 0 Å². The van der Waals surface area contributed by atoms with Crippen molar-refractivity contribution in [3.05, 3.63) is 82.4 Å². The molecule has 3 aromatic rings. The first-order chi connectivity index (χ1) is 15.1. The van der Waals surface area contributed by atoms with Crippen LogP contribution in [-0.2, 0) is 14.8 Å². The van der Waals surface area contributed by atoms with Crippen LogP contribution in [0.15, 0.2) is 65.6 Å². The molecular formula is C24H25ClN2O4S. The van der Waals surface area contributed by atoms with Crippen molar-refractivity contribution < 1.29 is 17.9 Å². The van der Waals surface area contributed by atoms with Gasteiger partial charge in [0.15, 0.2) is 6.10 Å². The lowest BCUT2D eigenvalue weighted by atomic mass is 10.1. The van der Waals surface area contributed by atoms with Crippen molar-refractivity contribution in [3.63, 3.8) is 0 Å². The van der Waals surface area contributed by atoms with Gasteiger partial charge in [-0.3, -0.25) is 9.52 Å². The van der Waals surface area contributed by atoms with Crippen molar-refractivity contribution in [1.82, 2.24) is 0 Å². The molecule has 0 aromatic heterocycles. The Labute approximate surface area is 193 Å². The van der Waals surface area contributed by atoms with Crippen LogP contribution in [0.25, 0.3) is 0 Å². The number of ether oxygens (including phenoxy) is 1. The van der Waals surface area contributed by atoms with E-state index in [-0.39, 0.29) is 10.8 Å². The maximum absolute atomic E-state index is 12.7. The van der Waals surface area contributed by atoms with Crippen LogP contribution in [0.1, 0.15) is 23.6 Å². The van der Waals surface area contributed by atoms with Gasteiger partial charge in [0.1, 0.15) is 5.75 Å². The average molecular weight is 473 g/mol. The normalized spacial score (nSPS) is 12.2. The number of nitrogens with one attached hydrogen (secondary N) is 2. The van der Waals surface area contributed by atoms with Crippen molar-refractivity contribution in [2.24, 2.45) is 0 Å². The highest BCUT2D eigenvalue weighted by Crippen LogP contribution is 2.26. The van der Waals surface area contributed by atoms with Crippen molar-refractivity contribution in [2.45, 2.75) is 38.7 Å². The van der Waals surface area contributed by atoms with E-state index in [1.807, 2.05) is 32.0 Å². The lowest BCUT2D eigenvalue weighted by Gasteiger charge is -2.17. The van der Waals surface area contributed by atoms with E-state index in [1.165, 1.54) is 24.3 Å². The third-order valence-electron chi connectivity index (χ3n) is 5.17.